The summed E-state index contributed by atoms with van der Waals surface area (Å²) in [5.74, 6) is 0. The van der Waals surface area contributed by atoms with Gasteiger partial charge in [0.25, 0.3) is 0 Å². The molecule has 1 N–H and O–H groups in total. The predicted molar refractivity (Wildman–Crippen MR) is 110 cm³/mol. The van der Waals surface area contributed by atoms with Gasteiger partial charge in [-0.1, -0.05) is 80.9 Å². The summed E-state index contributed by atoms with van der Waals surface area (Å²) in [4.78, 5) is 0. The Morgan fingerprint density at radius 1 is 1.00 bits per heavy atom. The zero-order chi connectivity index (χ0) is 18.6. The summed E-state index contributed by atoms with van der Waals surface area (Å²) >= 11 is 0. The van der Waals surface area contributed by atoms with E-state index in [0.29, 0.717) is 0 Å². The van der Waals surface area contributed by atoms with Gasteiger partial charge in [-0.15, -0.1) is 0 Å². The summed E-state index contributed by atoms with van der Waals surface area (Å²) in [6, 6.07) is 19.7. The molecule has 1 fully saturated rings. The van der Waals surface area contributed by atoms with Crippen molar-refractivity contribution in [3.63, 3.8) is 0 Å². The van der Waals surface area contributed by atoms with Crippen LogP contribution in [0.4, 0.5) is 0 Å². The van der Waals surface area contributed by atoms with Gasteiger partial charge in [0, 0.05) is 5.41 Å². The van der Waals surface area contributed by atoms with Crippen LogP contribution in [0, 0.1) is 12.3 Å². The van der Waals surface area contributed by atoms with Crippen molar-refractivity contribution in [1.29, 1.82) is 0 Å². The lowest BCUT2D eigenvalue weighted by molar-refractivity contribution is -0.0487. The van der Waals surface area contributed by atoms with Gasteiger partial charge in [0.1, 0.15) is 0 Å². The number of rotatable bonds is 5. The van der Waals surface area contributed by atoms with Crippen LogP contribution in [0.1, 0.15) is 56.4 Å². The number of ether oxygens (including phenoxy) is 1. The highest BCUT2D eigenvalue weighted by Crippen LogP contribution is 2.40. The Labute approximate surface area is 159 Å². The summed E-state index contributed by atoms with van der Waals surface area (Å²) in [7, 11) is 0. The molecule has 2 nitrogen and oxygen atoms in total. The Bertz CT molecular complexity index is 696. The summed E-state index contributed by atoms with van der Waals surface area (Å²) in [5, 5.41) is 3.52. The van der Waals surface area contributed by atoms with E-state index in [2.05, 4.69) is 87.6 Å². The molecular formula is C24H33NO. The minimum Gasteiger partial charge on any atom is -0.372 e. The van der Waals surface area contributed by atoms with Crippen molar-refractivity contribution < 1.29 is 4.74 Å². The third-order valence-electron chi connectivity index (χ3n) is 5.61. The predicted octanol–water partition coefficient (Wildman–Crippen LogP) is 5.42. The zero-order valence-electron chi connectivity index (χ0n) is 16.7. The van der Waals surface area contributed by atoms with E-state index in [1.165, 1.54) is 16.7 Å². The number of piperidine rings is 1. The Balaban J connectivity index is 1.87. The van der Waals surface area contributed by atoms with Gasteiger partial charge in [0.15, 0.2) is 0 Å². The fourth-order valence-electron chi connectivity index (χ4n) is 4.11. The molecule has 1 aliphatic heterocycles. The highest BCUT2D eigenvalue weighted by Gasteiger charge is 2.37. The van der Waals surface area contributed by atoms with E-state index in [9.17, 15) is 0 Å². The molecule has 1 atom stereocenters. The van der Waals surface area contributed by atoms with Crippen LogP contribution in [0.2, 0.25) is 0 Å². The van der Waals surface area contributed by atoms with Crippen LogP contribution in [0.5, 0.6) is 0 Å². The molecule has 3 rings (SSSR count). The molecule has 0 radical (unpaired) electrons. The minimum absolute atomic E-state index is 0.0576. The van der Waals surface area contributed by atoms with Gasteiger partial charge in [-0.3, -0.25) is 0 Å². The van der Waals surface area contributed by atoms with E-state index in [1.54, 1.807) is 0 Å². The number of benzene rings is 2. The maximum atomic E-state index is 6.70. The lowest BCUT2D eigenvalue weighted by Gasteiger charge is -2.41. The average molecular weight is 352 g/mol. The second-order valence-electron chi connectivity index (χ2n) is 8.87. The van der Waals surface area contributed by atoms with Gasteiger partial charge in [-0.2, -0.15) is 0 Å². The molecule has 1 unspecified atom stereocenters. The van der Waals surface area contributed by atoms with Crippen LogP contribution in [-0.2, 0) is 10.2 Å². The van der Waals surface area contributed by atoms with Crippen molar-refractivity contribution in [1.82, 2.24) is 5.32 Å². The van der Waals surface area contributed by atoms with Crippen molar-refractivity contribution in [3.8, 4) is 0 Å². The van der Waals surface area contributed by atoms with Gasteiger partial charge in [0.2, 0.25) is 0 Å². The normalized spacial score (nSPS) is 18.5. The molecule has 0 aliphatic carbocycles. The topological polar surface area (TPSA) is 21.3 Å². The Kier molecular flexibility index (Phi) is 5.84. The summed E-state index contributed by atoms with van der Waals surface area (Å²) in [6.45, 7) is 11.9. The Morgan fingerprint density at radius 2 is 1.69 bits per heavy atom. The number of aryl methyl sites for hydroxylation is 1. The van der Waals surface area contributed by atoms with Gasteiger partial charge >= 0.3 is 0 Å². The van der Waals surface area contributed by atoms with E-state index in [1.807, 2.05) is 0 Å². The highest BCUT2D eigenvalue weighted by molar-refractivity contribution is 5.31. The van der Waals surface area contributed by atoms with Crippen LogP contribution < -0.4 is 5.32 Å². The summed E-state index contributed by atoms with van der Waals surface area (Å²) in [6.07, 6.45) is 2.35. The molecule has 2 aromatic carbocycles. The molecule has 2 heteroatoms. The summed E-state index contributed by atoms with van der Waals surface area (Å²) in [5.41, 5.74) is 4.20. The van der Waals surface area contributed by atoms with E-state index in [4.69, 9.17) is 4.74 Å². The van der Waals surface area contributed by atoms with Crippen molar-refractivity contribution in [2.75, 3.05) is 19.7 Å². The lowest BCUT2D eigenvalue weighted by Crippen LogP contribution is -2.44. The van der Waals surface area contributed by atoms with Crippen molar-refractivity contribution >= 4 is 0 Å². The van der Waals surface area contributed by atoms with E-state index in [-0.39, 0.29) is 16.9 Å². The maximum Gasteiger partial charge on any atom is 0.0873 e. The second kappa shape index (κ2) is 7.94. The Morgan fingerprint density at radius 3 is 2.31 bits per heavy atom. The molecule has 0 amide bonds. The number of hydrogen-bond acceptors (Lipinski definition) is 2. The molecule has 1 saturated heterocycles. The van der Waals surface area contributed by atoms with Gasteiger partial charge in [0.05, 0.1) is 12.7 Å². The first-order chi connectivity index (χ1) is 12.4. The lowest BCUT2D eigenvalue weighted by atomic mass is 9.73. The molecule has 0 aromatic heterocycles. The zero-order valence-corrected chi connectivity index (χ0v) is 16.7. The average Bonchev–Trinajstić information content (AvgIpc) is 2.62. The van der Waals surface area contributed by atoms with Gasteiger partial charge in [-0.05, 0) is 49.4 Å². The van der Waals surface area contributed by atoms with E-state index in [0.717, 1.165) is 32.5 Å². The molecule has 0 bridgehead atoms. The van der Waals surface area contributed by atoms with Gasteiger partial charge in [-0.25, -0.2) is 0 Å². The summed E-state index contributed by atoms with van der Waals surface area (Å²) < 4.78 is 6.70. The monoisotopic (exact) mass is 351 g/mol. The van der Waals surface area contributed by atoms with Gasteiger partial charge < -0.3 is 10.1 Å². The Hall–Kier alpha value is -1.64. The van der Waals surface area contributed by atoms with Crippen molar-refractivity contribution in [2.45, 2.75) is 52.1 Å². The largest absolute Gasteiger partial charge is 0.372 e. The minimum atomic E-state index is 0.0576. The first-order valence-corrected chi connectivity index (χ1v) is 9.85. The SMILES string of the molecule is Cc1cccc(C2(COC(c3ccccc3)C(C)(C)C)CCNCC2)c1. The van der Waals surface area contributed by atoms with Crippen LogP contribution in [0.15, 0.2) is 54.6 Å². The van der Waals surface area contributed by atoms with Crippen molar-refractivity contribution in [3.05, 3.63) is 71.3 Å². The molecule has 0 saturated carbocycles. The fraction of sp³-hybridized carbons (Fsp3) is 0.500. The third kappa shape index (κ3) is 4.36. The first kappa shape index (κ1) is 19.1. The van der Waals surface area contributed by atoms with E-state index >= 15 is 0 Å². The van der Waals surface area contributed by atoms with Crippen LogP contribution in [0.3, 0.4) is 0 Å². The number of hydrogen-bond donors (Lipinski definition) is 1. The van der Waals surface area contributed by atoms with Crippen molar-refractivity contribution in [2.24, 2.45) is 5.41 Å². The van der Waals surface area contributed by atoms with Crippen LogP contribution >= 0.6 is 0 Å². The second-order valence-corrected chi connectivity index (χ2v) is 8.87. The van der Waals surface area contributed by atoms with E-state index < -0.39 is 0 Å². The standard InChI is InChI=1S/C24H33NO/c1-19-9-8-12-21(17-19)24(13-15-25-16-14-24)18-26-22(23(2,3)4)20-10-6-5-7-11-20/h5-12,17,22,25H,13-16,18H2,1-4H3. The first-order valence-electron chi connectivity index (χ1n) is 9.85. The smallest absolute Gasteiger partial charge is 0.0873 e. The third-order valence-corrected chi connectivity index (χ3v) is 5.61. The van der Waals surface area contributed by atoms with Crippen LogP contribution in [-0.4, -0.2) is 19.7 Å². The maximum absolute atomic E-state index is 6.70. The molecule has 140 valence electrons. The molecular weight excluding hydrogens is 318 g/mol. The fourth-order valence-corrected chi connectivity index (χ4v) is 4.11. The highest BCUT2D eigenvalue weighted by atomic mass is 16.5. The molecule has 1 heterocycles. The molecule has 1 aliphatic rings. The quantitative estimate of drug-likeness (QED) is 0.776. The van der Waals surface area contributed by atoms with Crippen LogP contribution in [0.25, 0.3) is 0 Å². The molecule has 26 heavy (non-hydrogen) atoms. The number of nitrogens with one attached hydrogen (secondary N) is 1. The molecule has 0 spiro atoms. The molecule has 2 aromatic rings.